The molecule has 2 rings (SSSR count). The lowest BCUT2D eigenvalue weighted by Crippen LogP contribution is -2.51. The van der Waals surface area contributed by atoms with E-state index in [-0.39, 0.29) is 22.8 Å². The fourth-order valence-corrected chi connectivity index (χ4v) is 6.30. The van der Waals surface area contributed by atoms with Crippen LogP contribution in [0.4, 0.5) is 0 Å². The lowest BCUT2D eigenvalue weighted by molar-refractivity contribution is 0.125. The smallest absolute Gasteiger partial charge is 0.160 e. The van der Waals surface area contributed by atoms with E-state index in [1.807, 2.05) is 6.92 Å². The fraction of sp³-hybridized carbons (Fsp3) is 1.00. The molecule has 1 aliphatic carbocycles. The standard InChI is InChI=1S/C15H29NO3S/c1-10-13(7-8-19-10)20(17,18)14-9-11(15(2,3)4)5-6-12(14)16/h10-14H,5-9,16H2,1-4H3. The van der Waals surface area contributed by atoms with Crippen LogP contribution in [-0.4, -0.2) is 37.7 Å². The minimum atomic E-state index is -3.20. The highest BCUT2D eigenvalue weighted by Gasteiger charge is 2.46. The van der Waals surface area contributed by atoms with Gasteiger partial charge in [0.25, 0.3) is 0 Å². The highest BCUT2D eigenvalue weighted by Crippen LogP contribution is 2.41. The number of nitrogens with two attached hydrogens (primary N) is 1. The van der Waals surface area contributed by atoms with E-state index in [1.54, 1.807) is 0 Å². The lowest BCUT2D eigenvalue weighted by Gasteiger charge is -2.41. The van der Waals surface area contributed by atoms with Crippen LogP contribution >= 0.6 is 0 Å². The Morgan fingerprint density at radius 2 is 1.75 bits per heavy atom. The van der Waals surface area contributed by atoms with Crippen molar-refractivity contribution in [2.75, 3.05) is 6.61 Å². The zero-order valence-corrected chi connectivity index (χ0v) is 13.9. The molecule has 20 heavy (non-hydrogen) atoms. The Morgan fingerprint density at radius 1 is 1.10 bits per heavy atom. The second kappa shape index (κ2) is 5.58. The molecule has 0 aromatic rings. The van der Waals surface area contributed by atoms with Crippen LogP contribution in [0.1, 0.15) is 53.4 Å². The second-order valence-electron chi connectivity index (χ2n) is 7.57. The highest BCUT2D eigenvalue weighted by molar-refractivity contribution is 7.92. The molecule has 0 aromatic heterocycles. The molecule has 2 aliphatic rings. The Morgan fingerprint density at radius 3 is 2.25 bits per heavy atom. The molecule has 0 radical (unpaired) electrons. The summed E-state index contributed by atoms with van der Waals surface area (Å²) in [6, 6.07) is -0.216. The predicted molar refractivity (Wildman–Crippen MR) is 81.3 cm³/mol. The molecule has 4 nitrogen and oxygen atoms in total. The van der Waals surface area contributed by atoms with Gasteiger partial charge in [-0.05, 0) is 43.9 Å². The molecule has 1 heterocycles. The molecule has 1 saturated carbocycles. The van der Waals surface area contributed by atoms with Crippen molar-refractivity contribution in [3.8, 4) is 0 Å². The van der Waals surface area contributed by atoms with Gasteiger partial charge in [0.05, 0.1) is 16.6 Å². The maximum Gasteiger partial charge on any atom is 0.160 e. The zero-order chi connectivity index (χ0) is 15.1. The molecular weight excluding hydrogens is 274 g/mol. The van der Waals surface area contributed by atoms with Gasteiger partial charge in [0.2, 0.25) is 0 Å². The first-order chi connectivity index (χ1) is 9.14. The number of ether oxygens (including phenoxy) is 1. The monoisotopic (exact) mass is 303 g/mol. The molecule has 5 atom stereocenters. The summed E-state index contributed by atoms with van der Waals surface area (Å²) in [4.78, 5) is 0. The van der Waals surface area contributed by atoms with Crippen LogP contribution in [0.3, 0.4) is 0 Å². The van der Waals surface area contributed by atoms with Crippen molar-refractivity contribution in [1.82, 2.24) is 0 Å². The third-order valence-corrected chi connectivity index (χ3v) is 8.07. The normalized spacial score (nSPS) is 40.0. The van der Waals surface area contributed by atoms with Gasteiger partial charge in [-0.1, -0.05) is 20.8 Å². The van der Waals surface area contributed by atoms with Crippen LogP contribution in [0.5, 0.6) is 0 Å². The molecule has 0 bridgehead atoms. The fourth-order valence-electron chi connectivity index (χ4n) is 3.68. The summed E-state index contributed by atoms with van der Waals surface area (Å²) in [5.41, 5.74) is 6.31. The summed E-state index contributed by atoms with van der Waals surface area (Å²) in [7, 11) is -3.20. The van der Waals surface area contributed by atoms with Crippen LogP contribution in [-0.2, 0) is 14.6 Å². The molecule has 0 aromatic carbocycles. The van der Waals surface area contributed by atoms with Crippen molar-refractivity contribution in [2.45, 2.75) is 76.0 Å². The molecule has 0 amide bonds. The molecule has 5 heteroatoms. The quantitative estimate of drug-likeness (QED) is 0.848. The Bertz CT molecular complexity index is 441. The number of rotatable bonds is 2. The highest BCUT2D eigenvalue weighted by atomic mass is 32.2. The van der Waals surface area contributed by atoms with Gasteiger partial charge in [0.15, 0.2) is 9.84 Å². The first kappa shape index (κ1) is 16.2. The summed E-state index contributed by atoms with van der Waals surface area (Å²) in [5.74, 6) is 0.430. The summed E-state index contributed by atoms with van der Waals surface area (Å²) in [6.45, 7) is 9.00. The van der Waals surface area contributed by atoms with E-state index < -0.39 is 15.1 Å². The van der Waals surface area contributed by atoms with Crippen LogP contribution in [0.2, 0.25) is 0 Å². The average Bonchev–Trinajstić information content (AvgIpc) is 2.75. The Hall–Kier alpha value is -0.130. The molecule has 2 fully saturated rings. The average molecular weight is 303 g/mol. The van der Waals surface area contributed by atoms with E-state index >= 15 is 0 Å². The maximum atomic E-state index is 12.9. The minimum absolute atomic E-state index is 0.145. The Kier molecular flexibility index (Phi) is 4.53. The summed E-state index contributed by atoms with van der Waals surface area (Å²) < 4.78 is 31.3. The van der Waals surface area contributed by atoms with Crippen molar-refractivity contribution in [1.29, 1.82) is 0 Å². The molecular formula is C15H29NO3S. The maximum absolute atomic E-state index is 12.9. The van der Waals surface area contributed by atoms with E-state index in [9.17, 15) is 8.42 Å². The lowest BCUT2D eigenvalue weighted by atomic mass is 9.71. The summed E-state index contributed by atoms with van der Waals surface area (Å²) in [5, 5.41) is -0.758. The van der Waals surface area contributed by atoms with E-state index in [1.165, 1.54) is 0 Å². The van der Waals surface area contributed by atoms with E-state index in [4.69, 9.17) is 10.5 Å². The largest absolute Gasteiger partial charge is 0.377 e. The molecule has 118 valence electrons. The molecule has 0 spiro atoms. The van der Waals surface area contributed by atoms with E-state index in [2.05, 4.69) is 20.8 Å². The van der Waals surface area contributed by atoms with Crippen molar-refractivity contribution < 1.29 is 13.2 Å². The van der Waals surface area contributed by atoms with Crippen molar-refractivity contribution in [2.24, 2.45) is 17.1 Å². The topological polar surface area (TPSA) is 69.4 Å². The first-order valence-electron chi connectivity index (χ1n) is 7.74. The third kappa shape index (κ3) is 3.04. The SMILES string of the molecule is CC1OCCC1S(=O)(=O)C1CC(C(C)(C)C)CCC1N. The van der Waals surface area contributed by atoms with Crippen molar-refractivity contribution in [3.05, 3.63) is 0 Å². The van der Waals surface area contributed by atoms with Gasteiger partial charge in [0.1, 0.15) is 0 Å². The van der Waals surface area contributed by atoms with Gasteiger partial charge in [-0.25, -0.2) is 8.42 Å². The molecule has 5 unspecified atom stereocenters. The van der Waals surface area contributed by atoms with Crippen molar-refractivity contribution in [3.63, 3.8) is 0 Å². The van der Waals surface area contributed by atoms with Gasteiger partial charge in [-0.15, -0.1) is 0 Å². The van der Waals surface area contributed by atoms with E-state index in [0.29, 0.717) is 25.4 Å². The third-order valence-electron chi connectivity index (χ3n) is 5.22. The first-order valence-corrected chi connectivity index (χ1v) is 9.35. The van der Waals surface area contributed by atoms with Gasteiger partial charge < -0.3 is 10.5 Å². The van der Waals surface area contributed by atoms with Crippen molar-refractivity contribution >= 4 is 9.84 Å². The van der Waals surface area contributed by atoms with Gasteiger partial charge >= 0.3 is 0 Å². The minimum Gasteiger partial charge on any atom is -0.377 e. The van der Waals surface area contributed by atoms with Gasteiger partial charge in [-0.2, -0.15) is 0 Å². The zero-order valence-electron chi connectivity index (χ0n) is 13.1. The number of hydrogen-bond acceptors (Lipinski definition) is 4. The van der Waals surface area contributed by atoms with Crippen LogP contribution in [0.25, 0.3) is 0 Å². The van der Waals surface area contributed by atoms with Gasteiger partial charge in [0, 0.05) is 12.6 Å². The molecule has 1 aliphatic heterocycles. The summed E-state index contributed by atoms with van der Waals surface area (Å²) >= 11 is 0. The van der Waals surface area contributed by atoms with Crippen LogP contribution in [0, 0.1) is 11.3 Å². The Labute approximate surface area is 123 Å². The Balaban J connectivity index is 2.20. The predicted octanol–water partition coefficient (Wildman–Crippen LogP) is 2.12. The number of hydrogen-bond donors (Lipinski definition) is 1. The van der Waals surface area contributed by atoms with Crippen LogP contribution < -0.4 is 5.73 Å². The number of sulfone groups is 1. The molecule has 1 saturated heterocycles. The van der Waals surface area contributed by atoms with Gasteiger partial charge in [-0.3, -0.25) is 0 Å². The molecule has 2 N–H and O–H groups in total. The van der Waals surface area contributed by atoms with E-state index in [0.717, 1.165) is 12.8 Å². The second-order valence-corrected chi connectivity index (χ2v) is 9.96. The summed E-state index contributed by atoms with van der Waals surface area (Å²) in [6.07, 6.45) is 2.98. The van der Waals surface area contributed by atoms with Crippen LogP contribution in [0.15, 0.2) is 0 Å².